The molecule has 0 aromatic heterocycles. The number of rotatable bonds is 5. The van der Waals surface area contributed by atoms with Crippen LogP contribution in [0.4, 0.5) is 5.69 Å². The molecule has 0 saturated carbocycles. The van der Waals surface area contributed by atoms with Crippen molar-refractivity contribution in [3.8, 4) is 0 Å². The number of nitrogens with two attached hydrogens (primary N) is 1. The second kappa shape index (κ2) is 6.21. The van der Waals surface area contributed by atoms with E-state index in [4.69, 9.17) is 20.1 Å². The highest BCUT2D eigenvalue weighted by Gasteiger charge is 2.21. The van der Waals surface area contributed by atoms with Gasteiger partial charge < -0.3 is 5.73 Å². The minimum Gasteiger partial charge on any atom is -0.397 e. The van der Waals surface area contributed by atoms with Gasteiger partial charge in [0.25, 0.3) is 20.2 Å². The molecule has 0 amide bonds. The highest BCUT2D eigenvalue weighted by Crippen LogP contribution is 2.36. The highest BCUT2D eigenvalue weighted by molar-refractivity contribution is 7.94. The van der Waals surface area contributed by atoms with E-state index in [1.165, 1.54) is 6.07 Å². The number of hydrogen-bond acceptors (Lipinski definition) is 9. The Morgan fingerprint density at radius 3 is 2.17 bits per heavy atom. The largest absolute Gasteiger partial charge is 0.397 e. The van der Waals surface area contributed by atoms with Crippen LogP contribution in [0.15, 0.2) is 39.0 Å². The molecular weight excluding hydrogens is 374 g/mol. The maximum Gasteiger partial charge on any atom is 0.296 e. The molecule has 2 aromatic rings. The molecule has 0 atom stereocenters. The van der Waals surface area contributed by atoms with E-state index in [-0.39, 0.29) is 15.7 Å². The monoisotopic (exact) mass is 383 g/mol. The van der Waals surface area contributed by atoms with E-state index in [0.29, 0.717) is 12.0 Å². The predicted octanol–water partition coefficient (Wildman–Crippen LogP) is 1.34. The Hall–Kier alpha value is -1.45. The van der Waals surface area contributed by atoms with Crippen molar-refractivity contribution < 1.29 is 40.6 Å². The van der Waals surface area contributed by atoms with Gasteiger partial charge in [0.15, 0.2) is 0 Å². The van der Waals surface area contributed by atoms with Crippen molar-refractivity contribution >= 4 is 48.7 Å². The molecule has 0 spiro atoms. The van der Waals surface area contributed by atoms with Gasteiger partial charge in [-0.1, -0.05) is 11.1 Å². The van der Waals surface area contributed by atoms with E-state index in [1.807, 2.05) is 0 Å². The predicted molar refractivity (Wildman–Crippen MR) is 78.6 cm³/mol. The van der Waals surface area contributed by atoms with Crippen LogP contribution in [0.5, 0.6) is 0 Å². The van der Waals surface area contributed by atoms with E-state index in [9.17, 15) is 16.8 Å². The first-order chi connectivity index (χ1) is 10.6. The molecule has 0 aliphatic rings. The van der Waals surface area contributed by atoms with Gasteiger partial charge in [0.2, 0.25) is 0 Å². The van der Waals surface area contributed by atoms with Crippen LogP contribution in [0.1, 0.15) is 0 Å². The molecule has 0 fully saturated rings. The minimum absolute atomic E-state index is 0.0396. The molecule has 0 heterocycles. The fourth-order valence-electron chi connectivity index (χ4n) is 1.87. The Kier molecular flexibility index (Phi) is 4.84. The lowest BCUT2D eigenvalue weighted by atomic mass is 10.1. The first-order valence-electron chi connectivity index (χ1n) is 5.51. The summed E-state index contributed by atoms with van der Waals surface area (Å²) in [5, 5.41) is 11.7. The lowest BCUT2D eigenvalue weighted by Crippen LogP contribution is -2.05. The van der Waals surface area contributed by atoms with Crippen LogP contribution in [0.2, 0.25) is 0 Å². The van der Waals surface area contributed by atoms with Gasteiger partial charge in [0, 0.05) is 10.3 Å². The molecule has 5 N–H and O–H groups in total. The van der Waals surface area contributed by atoms with Crippen molar-refractivity contribution in [1.29, 1.82) is 0 Å². The molecule has 13 heteroatoms. The van der Waals surface area contributed by atoms with Gasteiger partial charge in [-0.15, -0.1) is 4.33 Å². The highest BCUT2D eigenvalue weighted by atomic mass is 32.2. The first-order valence-corrected chi connectivity index (χ1v) is 9.14. The zero-order valence-electron chi connectivity index (χ0n) is 10.9. The summed E-state index contributed by atoms with van der Waals surface area (Å²) in [6.07, 6.45) is 0. The molecule has 0 radical (unpaired) electrons. The number of fused-ring (bicyclic) bond motifs is 1. The van der Waals surface area contributed by atoms with Crippen molar-refractivity contribution in [1.82, 2.24) is 0 Å². The van der Waals surface area contributed by atoms with Crippen molar-refractivity contribution in [2.24, 2.45) is 0 Å². The third-order valence-corrected chi connectivity index (χ3v) is 5.19. The molecule has 0 aliphatic carbocycles. The van der Waals surface area contributed by atoms with Gasteiger partial charge in [-0.3, -0.25) is 9.11 Å². The normalized spacial score (nSPS) is 12.7. The molecule has 0 unspecified atom stereocenters. The van der Waals surface area contributed by atoms with Gasteiger partial charge in [-0.05, 0) is 23.6 Å². The number of hydrogen-bond donors (Lipinski definition) is 4. The maximum absolute atomic E-state index is 11.3. The zero-order chi connectivity index (χ0) is 17.4. The van der Waals surface area contributed by atoms with Crippen LogP contribution in [0.3, 0.4) is 0 Å². The lowest BCUT2D eigenvalue weighted by molar-refractivity contribution is -0.432. The van der Waals surface area contributed by atoms with Crippen molar-refractivity contribution in [2.75, 3.05) is 5.73 Å². The second-order valence-electron chi connectivity index (χ2n) is 4.17. The van der Waals surface area contributed by atoms with Crippen LogP contribution in [-0.2, 0) is 29.6 Å². The Bertz CT molecular complexity index is 969. The zero-order valence-corrected chi connectivity index (χ0v) is 13.4. The molecule has 2 aromatic carbocycles. The van der Waals surface area contributed by atoms with Crippen LogP contribution in [0.25, 0.3) is 10.8 Å². The average Bonchev–Trinajstić information content (AvgIpc) is 2.42. The van der Waals surface area contributed by atoms with E-state index in [2.05, 4.69) is 9.37 Å². The van der Waals surface area contributed by atoms with Gasteiger partial charge in [-0.25, -0.2) is 5.26 Å². The molecule has 10 nitrogen and oxygen atoms in total. The molecule has 23 heavy (non-hydrogen) atoms. The summed E-state index contributed by atoms with van der Waals surface area (Å²) < 4.78 is 67.6. The SMILES string of the molecule is Nc1c(S(=O)(=O)O)ccc2c(SOOO)cc(S(=O)(=O)O)cc12. The fourth-order valence-corrected chi connectivity index (χ4v) is 3.65. The number of nitrogen functional groups attached to an aromatic ring is 1. The second-order valence-corrected chi connectivity index (χ2v) is 7.72. The summed E-state index contributed by atoms with van der Waals surface area (Å²) in [7, 11) is -9.29. The molecule has 126 valence electrons. The van der Waals surface area contributed by atoms with E-state index < -0.39 is 35.7 Å². The molecule has 0 bridgehead atoms. The quantitative estimate of drug-likeness (QED) is 0.193. The molecule has 0 aliphatic heterocycles. The van der Waals surface area contributed by atoms with Gasteiger partial charge >= 0.3 is 0 Å². The smallest absolute Gasteiger partial charge is 0.296 e. The van der Waals surface area contributed by atoms with E-state index >= 15 is 0 Å². The summed E-state index contributed by atoms with van der Waals surface area (Å²) in [4.78, 5) is -1.20. The van der Waals surface area contributed by atoms with Crippen molar-refractivity contribution in [2.45, 2.75) is 14.7 Å². The minimum atomic E-state index is -4.65. The van der Waals surface area contributed by atoms with Crippen LogP contribution >= 0.6 is 12.0 Å². The Balaban J connectivity index is 2.88. The third kappa shape index (κ3) is 3.73. The first kappa shape index (κ1) is 17.9. The average molecular weight is 383 g/mol. The van der Waals surface area contributed by atoms with Crippen molar-refractivity contribution in [3.05, 3.63) is 24.3 Å². The van der Waals surface area contributed by atoms with Crippen LogP contribution in [0, 0.1) is 0 Å². The van der Waals surface area contributed by atoms with Crippen molar-refractivity contribution in [3.63, 3.8) is 0 Å². The summed E-state index contributed by atoms with van der Waals surface area (Å²) in [6.45, 7) is 0. The summed E-state index contributed by atoms with van der Waals surface area (Å²) in [5.41, 5.74) is 5.24. The summed E-state index contributed by atoms with van der Waals surface area (Å²) >= 11 is 0.387. The molecule has 2 rings (SSSR count). The lowest BCUT2D eigenvalue weighted by Gasteiger charge is -2.11. The topological polar surface area (TPSA) is 173 Å². The van der Waals surface area contributed by atoms with Crippen LogP contribution in [-0.4, -0.2) is 31.2 Å². The van der Waals surface area contributed by atoms with Gasteiger partial charge in [0.1, 0.15) is 4.90 Å². The third-order valence-electron chi connectivity index (χ3n) is 2.80. The maximum atomic E-state index is 11.3. The van der Waals surface area contributed by atoms with Gasteiger partial charge in [0.05, 0.1) is 22.6 Å². The summed E-state index contributed by atoms with van der Waals surface area (Å²) in [5.74, 6) is 0. The number of anilines is 1. The fraction of sp³-hybridized carbons (Fsp3) is 0. The number of benzene rings is 2. The Morgan fingerprint density at radius 2 is 1.65 bits per heavy atom. The van der Waals surface area contributed by atoms with E-state index in [1.54, 1.807) is 0 Å². The standard InChI is InChI=1S/C10H9NO9S3/c11-10-7-3-5(22(13,14)15)4-8(21-20-19-12)6(7)1-2-9(10)23(16,17)18/h1-4,12H,11H2,(H,13,14,15)(H,16,17,18). The molecular formula is C10H9NO9S3. The summed E-state index contributed by atoms with van der Waals surface area (Å²) in [6, 6.07) is 4.15. The van der Waals surface area contributed by atoms with Crippen LogP contribution < -0.4 is 5.73 Å². The molecule has 0 saturated heterocycles. The van der Waals surface area contributed by atoms with Gasteiger partial charge in [-0.2, -0.15) is 16.8 Å². The Labute approximate surface area is 134 Å². The Morgan fingerprint density at radius 1 is 1.00 bits per heavy atom. The van der Waals surface area contributed by atoms with E-state index in [0.717, 1.165) is 18.2 Å².